The van der Waals surface area contributed by atoms with E-state index < -0.39 is 11.7 Å². The molecule has 3 rings (SSSR count). The Morgan fingerprint density at radius 1 is 1.29 bits per heavy atom. The van der Waals surface area contributed by atoms with Crippen molar-refractivity contribution in [3.63, 3.8) is 0 Å². The van der Waals surface area contributed by atoms with Gasteiger partial charge in [0.15, 0.2) is 19.0 Å². The highest BCUT2D eigenvalue weighted by Crippen LogP contribution is 2.38. The van der Waals surface area contributed by atoms with Crippen molar-refractivity contribution < 1.29 is 19.4 Å². The van der Waals surface area contributed by atoms with Crippen molar-refractivity contribution >= 4 is 41.1 Å². The maximum absolute atomic E-state index is 11.4. The van der Waals surface area contributed by atoms with E-state index in [1.54, 1.807) is 48.7 Å². The number of carbonyl (C=O) groups excluding carboxylic acids is 1. The van der Waals surface area contributed by atoms with Crippen LogP contribution >= 0.6 is 35.0 Å². The van der Waals surface area contributed by atoms with E-state index in [4.69, 9.17) is 33.7 Å². The first-order valence-electron chi connectivity index (χ1n) is 9.09. The van der Waals surface area contributed by atoms with Crippen LogP contribution in [0.2, 0.25) is 10.0 Å². The smallest absolute Gasteiger partial charge is 0.404 e. The number of nitrogens with two attached hydrogens (primary N) is 1. The fourth-order valence-corrected chi connectivity index (χ4v) is 4.75. The summed E-state index contributed by atoms with van der Waals surface area (Å²) in [5.41, 5.74) is 5.01. The Morgan fingerprint density at radius 2 is 1.90 bits per heavy atom. The summed E-state index contributed by atoms with van der Waals surface area (Å²) in [6.07, 6.45) is 1.82. The third kappa shape index (κ3) is 6.04. The molecule has 31 heavy (non-hydrogen) atoms. The summed E-state index contributed by atoms with van der Waals surface area (Å²) >= 11 is 13.6. The summed E-state index contributed by atoms with van der Waals surface area (Å²) in [7, 11) is 0. The molecule has 0 atom stereocenters. The summed E-state index contributed by atoms with van der Waals surface area (Å²) in [5.74, 6) is 0.380. The number of primary amides is 1. The fraction of sp³-hybridized carbons (Fsp3) is 0.250. The van der Waals surface area contributed by atoms with Gasteiger partial charge < -0.3 is 25.4 Å². The van der Waals surface area contributed by atoms with E-state index in [2.05, 4.69) is 4.98 Å². The highest BCUT2D eigenvalue weighted by atomic mass is 35.5. The molecular formula is C20H20Cl2N4O4S. The molecule has 0 spiro atoms. The van der Waals surface area contributed by atoms with Crippen molar-refractivity contribution in [2.24, 2.45) is 5.73 Å². The molecule has 0 bridgehead atoms. The second-order valence-corrected chi connectivity index (χ2v) is 9.14. The van der Waals surface area contributed by atoms with Crippen LogP contribution in [-0.4, -0.2) is 20.8 Å². The van der Waals surface area contributed by atoms with Crippen LogP contribution in [0.5, 0.6) is 0 Å². The number of halogens is 2. The first-order valence-corrected chi connectivity index (χ1v) is 10.7. The Hall–Kier alpha value is -2.46. The Morgan fingerprint density at radius 3 is 2.45 bits per heavy atom. The van der Waals surface area contributed by atoms with Crippen LogP contribution in [0.25, 0.3) is 0 Å². The van der Waals surface area contributed by atoms with Gasteiger partial charge in [-0.3, -0.25) is 0 Å². The number of pyridine rings is 1. The highest BCUT2D eigenvalue weighted by Gasteiger charge is 2.29. The molecule has 0 aliphatic carbocycles. The van der Waals surface area contributed by atoms with E-state index in [1.807, 2.05) is 0 Å². The number of ether oxygens (including phenoxy) is 1. The molecule has 2 heterocycles. The van der Waals surface area contributed by atoms with Gasteiger partial charge in [-0.25, -0.2) is 9.78 Å². The van der Waals surface area contributed by atoms with Gasteiger partial charge in [0.2, 0.25) is 0 Å². The number of nitrogens with zero attached hydrogens (tertiary/aromatic N) is 3. The number of aliphatic hydroxyl groups is 1. The molecule has 8 nitrogen and oxygen atoms in total. The SMILES string of the molecule is CC(C)(O)c1nc(COC(N)=O)n(Cc2cc[n+]([O-])cc2)c1Sc1cc(Cl)cc(Cl)c1. The number of carbonyl (C=O) groups is 1. The minimum absolute atomic E-state index is 0.191. The van der Waals surface area contributed by atoms with Crippen molar-refractivity contribution in [1.29, 1.82) is 0 Å². The standard InChI is InChI=1S/C20H20Cl2N4O4S/c1-20(2,28)17-18(31-15-8-13(21)7-14(22)9-15)26(16(24-17)11-30-19(23)27)10-12-3-5-25(29)6-4-12/h3-9,28H,10-11H2,1-2H3,(H2,23,27). The van der Waals surface area contributed by atoms with Gasteiger partial charge in [0.05, 0.1) is 6.54 Å². The summed E-state index contributed by atoms with van der Waals surface area (Å²) < 4.78 is 7.44. The van der Waals surface area contributed by atoms with Crippen molar-refractivity contribution in [3.8, 4) is 0 Å². The van der Waals surface area contributed by atoms with E-state index in [0.29, 0.717) is 37.9 Å². The molecule has 1 amide bonds. The van der Waals surface area contributed by atoms with Gasteiger partial charge in [-0.2, -0.15) is 4.73 Å². The molecule has 0 fully saturated rings. The maximum Gasteiger partial charge on any atom is 0.404 e. The molecule has 0 unspecified atom stereocenters. The Labute approximate surface area is 193 Å². The number of hydrogen-bond donors (Lipinski definition) is 2. The van der Waals surface area contributed by atoms with Gasteiger partial charge in [-0.05, 0) is 37.6 Å². The topological polar surface area (TPSA) is 117 Å². The average molecular weight is 483 g/mol. The number of amides is 1. The Bertz CT molecular complexity index is 1080. The monoisotopic (exact) mass is 482 g/mol. The van der Waals surface area contributed by atoms with Crippen molar-refractivity contribution in [1.82, 2.24) is 9.55 Å². The van der Waals surface area contributed by atoms with Gasteiger partial charge in [0.25, 0.3) is 0 Å². The van der Waals surface area contributed by atoms with Crippen LogP contribution in [-0.2, 0) is 23.5 Å². The average Bonchev–Trinajstić information content (AvgIpc) is 2.98. The molecule has 0 aliphatic heterocycles. The van der Waals surface area contributed by atoms with Gasteiger partial charge in [0.1, 0.15) is 22.1 Å². The molecular weight excluding hydrogens is 463 g/mol. The normalized spacial score (nSPS) is 11.5. The molecule has 3 aromatic rings. The summed E-state index contributed by atoms with van der Waals surface area (Å²) in [6.45, 7) is 3.33. The van der Waals surface area contributed by atoms with Crippen LogP contribution in [0.4, 0.5) is 4.79 Å². The van der Waals surface area contributed by atoms with Crippen molar-refractivity contribution in [3.05, 3.63) is 75.1 Å². The van der Waals surface area contributed by atoms with E-state index in [1.165, 1.54) is 24.2 Å². The van der Waals surface area contributed by atoms with Gasteiger partial charge in [-0.15, -0.1) is 0 Å². The summed E-state index contributed by atoms with van der Waals surface area (Å²) in [6, 6.07) is 8.44. The summed E-state index contributed by atoms with van der Waals surface area (Å²) in [5, 5.41) is 23.7. The van der Waals surface area contributed by atoms with Gasteiger partial charge in [0, 0.05) is 27.1 Å². The third-order valence-electron chi connectivity index (χ3n) is 4.19. The second-order valence-electron chi connectivity index (χ2n) is 7.21. The molecule has 11 heteroatoms. The number of imidazole rings is 1. The minimum atomic E-state index is -1.30. The maximum atomic E-state index is 11.4. The lowest BCUT2D eigenvalue weighted by atomic mass is 10.1. The van der Waals surface area contributed by atoms with E-state index in [9.17, 15) is 15.1 Å². The van der Waals surface area contributed by atoms with E-state index >= 15 is 0 Å². The second kappa shape index (κ2) is 9.35. The number of aromatic nitrogens is 3. The number of rotatable bonds is 7. The van der Waals surface area contributed by atoms with Gasteiger partial charge in [-0.1, -0.05) is 35.0 Å². The van der Waals surface area contributed by atoms with Crippen molar-refractivity contribution in [2.75, 3.05) is 0 Å². The van der Waals surface area contributed by atoms with E-state index in [-0.39, 0.29) is 6.61 Å². The Kier molecular flexibility index (Phi) is 7.00. The zero-order valence-corrected chi connectivity index (χ0v) is 19.0. The lowest BCUT2D eigenvalue weighted by Crippen LogP contribution is -2.24. The first kappa shape index (κ1) is 23.2. The predicted octanol–water partition coefficient (Wildman–Crippen LogP) is 3.85. The summed E-state index contributed by atoms with van der Waals surface area (Å²) in [4.78, 5) is 16.4. The lowest BCUT2D eigenvalue weighted by molar-refractivity contribution is -0.605. The molecule has 0 aliphatic rings. The predicted molar refractivity (Wildman–Crippen MR) is 117 cm³/mol. The van der Waals surface area contributed by atoms with Crippen LogP contribution in [0, 0.1) is 5.21 Å². The number of hydrogen-bond acceptors (Lipinski definition) is 6. The quantitative estimate of drug-likeness (QED) is 0.390. The molecule has 1 aromatic carbocycles. The van der Waals surface area contributed by atoms with Crippen LogP contribution in [0.1, 0.15) is 30.9 Å². The zero-order valence-electron chi connectivity index (χ0n) is 16.7. The lowest BCUT2D eigenvalue weighted by Gasteiger charge is -2.18. The van der Waals surface area contributed by atoms with Crippen molar-refractivity contribution in [2.45, 2.75) is 42.5 Å². The molecule has 0 saturated carbocycles. The highest BCUT2D eigenvalue weighted by molar-refractivity contribution is 7.99. The molecule has 0 radical (unpaired) electrons. The fourth-order valence-electron chi connectivity index (χ4n) is 2.82. The van der Waals surface area contributed by atoms with Crippen LogP contribution in [0.3, 0.4) is 0 Å². The van der Waals surface area contributed by atoms with Gasteiger partial charge >= 0.3 is 6.09 Å². The molecule has 3 N–H and O–H groups in total. The van der Waals surface area contributed by atoms with Crippen LogP contribution in [0.15, 0.2) is 52.6 Å². The zero-order chi connectivity index (χ0) is 22.8. The largest absolute Gasteiger partial charge is 0.619 e. The molecule has 2 aromatic heterocycles. The van der Waals surface area contributed by atoms with E-state index in [0.717, 1.165) is 10.5 Å². The molecule has 164 valence electrons. The number of benzene rings is 1. The third-order valence-corrected chi connectivity index (χ3v) is 5.70. The minimum Gasteiger partial charge on any atom is -0.619 e. The molecule has 0 saturated heterocycles. The van der Waals surface area contributed by atoms with Crippen LogP contribution < -0.4 is 10.5 Å². The Balaban J connectivity index is 2.13. The first-order chi connectivity index (χ1) is 14.5.